The molecule has 0 rings (SSSR count). The lowest BCUT2D eigenvalue weighted by Gasteiger charge is -2.20. The zero-order chi connectivity index (χ0) is 47.2. The molecular weight excluding hydrogens is 803 g/mol. The Morgan fingerprint density at radius 1 is 0.415 bits per heavy atom. The van der Waals surface area contributed by atoms with Crippen LogP contribution >= 0.6 is 0 Å². The van der Waals surface area contributed by atoms with Gasteiger partial charge in [0.1, 0.15) is 0 Å². The molecule has 2 unspecified atom stereocenters. The molecule has 2 atom stereocenters. The lowest BCUT2D eigenvalue weighted by atomic mass is 10.0. The number of allylic oxidation sites excluding steroid dienone is 5. The van der Waals surface area contributed by atoms with Gasteiger partial charge in [-0.2, -0.15) is 0 Å². The van der Waals surface area contributed by atoms with Gasteiger partial charge in [-0.15, -0.1) is 0 Å². The van der Waals surface area contributed by atoms with E-state index in [-0.39, 0.29) is 18.5 Å². The van der Waals surface area contributed by atoms with Gasteiger partial charge in [-0.1, -0.05) is 243 Å². The third-order valence-corrected chi connectivity index (χ3v) is 13.1. The van der Waals surface area contributed by atoms with Crippen molar-refractivity contribution < 1.29 is 24.5 Å². The van der Waals surface area contributed by atoms with Crippen LogP contribution in [-0.4, -0.2) is 47.4 Å². The van der Waals surface area contributed by atoms with Crippen LogP contribution < -0.4 is 5.32 Å². The standard InChI is InChI=1S/C59H111NO5/c1-3-5-7-9-11-13-15-31-35-39-43-47-51-57(62)56(55-61)60-58(63)52-48-44-40-36-32-29-27-25-23-21-19-17-18-20-22-24-26-28-30-34-38-42-46-50-54-65-59(64)53-49-45-41-37-33-16-14-12-10-8-6-4-2/h12,14,19,21,47,51,56-57,61-62H,3-11,13,15-18,20,22-46,48-50,52-55H2,1-2H3,(H,60,63)/b14-12-,21-19-,51-47+. The Bertz CT molecular complexity index is 1060. The summed E-state index contributed by atoms with van der Waals surface area (Å²) in [5.41, 5.74) is 0. The minimum atomic E-state index is -0.846. The third-order valence-electron chi connectivity index (χ3n) is 13.1. The van der Waals surface area contributed by atoms with Crippen LogP contribution in [0.1, 0.15) is 303 Å². The van der Waals surface area contributed by atoms with Crippen molar-refractivity contribution in [3.05, 3.63) is 36.5 Å². The highest BCUT2D eigenvalue weighted by molar-refractivity contribution is 5.76. The van der Waals surface area contributed by atoms with E-state index in [0.717, 1.165) is 44.9 Å². The molecular formula is C59H111NO5. The van der Waals surface area contributed by atoms with Gasteiger partial charge in [0.05, 0.1) is 25.4 Å². The number of ether oxygens (including phenoxy) is 1. The fraction of sp³-hybridized carbons (Fsp3) is 0.864. The van der Waals surface area contributed by atoms with E-state index >= 15 is 0 Å². The Labute approximate surface area is 404 Å². The predicted molar refractivity (Wildman–Crippen MR) is 283 cm³/mol. The highest BCUT2D eigenvalue weighted by Gasteiger charge is 2.18. The molecule has 3 N–H and O–H groups in total. The van der Waals surface area contributed by atoms with Crippen molar-refractivity contribution in [2.45, 2.75) is 315 Å². The van der Waals surface area contributed by atoms with Crippen LogP contribution in [0.25, 0.3) is 0 Å². The molecule has 0 fully saturated rings. The fourth-order valence-electron chi connectivity index (χ4n) is 8.68. The second-order valence-corrected chi connectivity index (χ2v) is 19.6. The molecule has 0 aromatic rings. The SMILES string of the molecule is CCCCC/C=C\CCCCCCCC(=O)OCCCCCCCCCCCCCC/C=C\CCCCCCCCCCC(=O)NC(CO)C(O)/C=C/CCCCCCCCCCCC. The Morgan fingerprint density at radius 3 is 1.12 bits per heavy atom. The van der Waals surface area contributed by atoms with E-state index in [0.29, 0.717) is 19.4 Å². The Morgan fingerprint density at radius 2 is 0.723 bits per heavy atom. The van der Waals surface area contributed by atoms with E-state index in [1.54, 1.807) is 6.08 Å². The van der Waals surface area contributed by atoms with E-state index in [4.69, 9.17) is 4.74 Å². The lowest BCUT2D eigenvalue weighted by molar-refractivity contribution is -0.143. The van der Waals surface area contributed by atoms with Crippen LogP contribution in [0.15, 0.2) is 36.5 Å². The van der Waals surface area contributed by atoms with Crippen molar-refractivity contribution in [3.8, 4) is 0 Å². The normalized spacial score (nSPS) is 12.9. The summed E-state index contributed by atoms with van der Waals surface area (Å²) in [4.78, 5) is 24.4. The van der Waals surface area contributed by atoms with Gasteiger partial charge in [-0.05, 0) is 83.5 Å². The van der Waals surface area contributed by atoms with E-state index in [2.05, 4.69) is 43.5 Å². The van der Waals surface area contributed by atoms with Gasteiger partial charge in [-0.25, -0.2) is 0 Å². The number of nitrogens with one attached hydrogen (secondary N) is 1. The number of amides is 1. The van der Waals surface area contributed by atoms with E-state index in [9.17, 15) is 19.8 Å². The summed E-state index contributed by atoms with van der Waals surface area (Å²) >= 11 is 0. The molecule has 0 radical (unpaired) electrons. The maximum Gasteiger partial charge on any atom is 0.305 e. The summed E-state index contributed by atoms with van der Waals surface area (Å²) in [6.07, 6.45) is 67.4. The number of hydrogen-bond acceptors (Lipinski definition) is 5. The lowest BCUT2D eigenvalue weighted by Crippen LogP contribution is -2.45. The first-order valence-corrected chi connectivity index (χ1v) is 28.8. The zero-order valence-electron chi connectivity index (χ0n) is 43.5. The summed E-state index contributed by atoms with van der Waals surface area (Å²) in [6, 6.07) is -0.630. The monoisotopic (exact) mass is 914 g/mol. The molecule has 382 valence electrons. The first-order chi connectivity index (χ1) is 32.0. The van der Waals surface area contributed by atoms with Crippen molar-refractivity contribution in [1.82, 2.24) is 5.32 Å². The highest BCUT2D eigenvalue weighted by atomic mass is 16.5. The smallest absolute Gasteiger partial charge is 0.305 e. The number of rotatable bonds is 53. The van der Waals surface area contributed by atoms with Gasteiger partial charge in [-0.3, -0.25) is 9.59 Å². The van der Waals surface area contributed by atoms with Crippen LogP contribution in [0.2, 0.25) is 0 Å². The molecule has 1 amide bonds. The second kappa shape index (κ2) is 54.7. The fourth-order valence-corrected chi connectivity index (χ4v) is 8.68. The minimum Gasteiger partial charge on any atom is -0.466 e. The molecule has 0 aliphatic heterocycles. The van der Waals surface area contributed by atoms with Gasteiger partial charge < -0.3 is 20.3 Å². The highest BCUT2D eigenvalue weighted by Crippen LogP contribution is 2.16. The van der Waals surface area contributed by atoms with Crippen molar-refractivity contribution in [2.24, 2.45) is 0 Å². The minimum absolute atomic E-state index is 0.00149. The van der Waals surface area contributed by atoms with Crippen LogP contribution in [0.3, 0.4) is 0 Å². The summed E-state index contributed by atoms with van der Waals surface area (Å²) in [5.74, 6) is -0.0719. The first kappa shape index (κ1) is 63.1. The number of aliphatic hydroxyl groups excluding tert-OH is 2. The first-order valence-electron chi connectivity index (χ1n) is 28.8. The maximum absolute atomic E-state index is 12.4. The van der Waals surface area contributed by atoms with E-state index in [1.165, 1.54) is 231 Å². The van der Waals surface area contributed by atoms with E-state index in [1.807, 2.05) is 6.08 Å². The van der Waals surface area contributed by atoms with Crippen LogP contribution in [0, 0.1) is 0 Å². The third kappa shape index (κ3) is 51.3. The average molecular weight is 915 g/mol. The summed E-state index contributed by atoms with van der Waals surface area (Å²) < 4.78 is 5.46. The van der Waals surface area contributed by atoms with Crippen LogP contribution in [-0.2, 0) is 14.3 Å². The molecule has 0 aliphatic carbocycles. The van der Waals surface area contributed by atoms with Crippen molar-refractivity contribution in [2.75, 3.05) is 13.2 Å². The number of unbranched alkanes of at least 4 members (excludes halogenated alkanes) is 38. The quantitative estimate of drug-likeness (QED) is 0.0321. The molecule has 6 nitrogen and oxygen atoms in total. The number of esters is 1. The Hall–Kier alpha value is -1.92. The maximum atomic E-state index is 12.4. The second-order valence-electron chi connectivity index (χ2n) is 19.6. The Kier molecular flexibility index (Phi) is 53.1. The molecule has 0 aliphatic rings. The molecule has 6 heteroatoms. The van der Waals surface area contributed by atoms with Gasteiger partial charge >= 0.3 is 5.97 Å². The molecule has 0 saturated heterocycles. The molecule has 0 spiro atoms. The number of hydrogen-bond donors (Lipinski definition) is 3. The van der Waals surface area contributed by atoms with Crippen LogP contribution in [0.5, 0.6) is 0 Å². The van der Waals surface area contributed by atoms with Crippen LogP contribution in [0.4, 0.5) is 0 Å². The molecule has 0 saturated carbocycles. The molecule has 65 heavy (non-hydrogen) atoms. The molecule has 0 aromatic carbocycles. The topological polar surface area (TPSA) is 95.9 Å². The summed E-state index contributed by atoms with van der Waals surface area (Å²) in [5, 5.41) is 23.0. The number of carbonyl (C=O) groups is 2. The summed E-state index contributed by atoms with van der Waals surface area (Å²) in [6.45, 7) is 4.87. The van der Waals surface area contributed by atoms with Gasteiger partial charge in [0.2, 0.25) is 5.91 Å². The Balaban J connectivity index is 3.42. The molecule has 0 aromatic heterocycles. The predicted octanol–water partition coefficient (Wildman–Crippen LogP) is 17.6. The van der Waals surface area contributed by atoms with E-state index < -0.39 is 12.1 Å². The van der Waals surface area contributed by atoms with Gasteiger partial charge in [0.25, 0.3) is 0 Å². The van der Waals surface area contributed by atoms with Crippen molar-refractivity contribution >= 4 is 11.9 Å². The summed E-state index contributed by atoms with van der Waals surface area (Å²) in [7, 11) is 0. The van der Waals surface area contributed by atoms with Gasteiger partial charge in [0, 0.05) is 12.8 Å². The van der Waals surface area contributed by atoms with Gasteiger partial charge in [0.15, 0.2) is 0 Å². The zero-order valence-corrected chi connectivity index (χ0v) is 43.5. The van der Waals surface area contributed by atoms with Crippen molar-refractivity contribution in [3.63, 3.8) is 0 Å². The van der Waals surface area contributed by atoms with Crippen molar-refractivity contribution in [1.29, 1.82) is 0 Å². The number of aliphatic hydroxyl groups is 2. The largest absolute Gasteiger partial charge is 0.466 e. The average Bonchev–Trinajstić information content (AvgIpc) is 3.31. The molecule has 0 heterocycles. The number of carbonyl (C=O) groups excluding carboxylic acids is 2. The molecule has 0 bridgehead atoms.